The average Bonchev–Trinajstić information content (AvgIpc) is 3.02. The molecular weight excluding hydrogens is 240 g/mol. The molecule has 4 nitrogen and oxygen atoms in total. The zero-order chi connectivity index (χ0) is 12.8. The van der Waals surface area contributed by atoms with Gasteiger partial charge < -0.3 is 5.11 Å². The smallest absolute Gasteiger partial charge is 0.325 e. The Morgan fingerprint density at radius 3 is 2.24 bits per heavy atom. The van der Waals surface area contributed by atoms with Crippen LogP contribution in [-0.4, -0.2) is 24.2 Å². The Morgan fingerprint density at radius 2 is 1.82 bits per heavy atom. The lowest BCUT2D eigenvalue weighted by molar-refractivity contribution is -0.137. The highest BCUT2D eigenvalue weighted by molar-refractivity contribution is 7.94. The summed E-state index contributed by atoms with van der Waals surface area (Å²) in [6, 6.07) is 4.74. The van der Waals surface area contributed by atoms with Crippen LogP contribution in [0, 0.1) is 13.8 Å². The molecule has 1 aliphatic carbocycles. The van der Waals surface area contributed by atoms with E-state index in [1.165, 1.54) is 6.07 Å². The number of sulfone groups is 1. The summed E-state index contributed by atoms with van der Waals surface area (Å²) in [6.45, 7) is 3.70. The summed E-state index contributed by atoms with van der Waals surface area (Å²) in [5.74, 6) is -1.24. The van der Waals surface area contributed by atoms with E-state index in [9.17, 15) is 13.2 Å². The lowest BCUT2D eigenvalue weighted by Crippen LogP contribution is -2.32. The molecule has 0 bridgehead atoms. The summed E-state index contributed by atoms with van der Waals surface area (Å²) in [6.07, 6.45) is 0.412. The van der Waals surface area contributed by atoms with Gasteiger partial charge >= 0.3 is 5.97 Å². The fourth-order valence-electron chi connectivity index (χ4n) is 1.82. The molecule has 2 rings (SSSR count). The van der Waals surface area contributed by atoms with Crippen LogP contribution in [0.5, 0.6) is 0 Å². The second-order valence-electron chi connectivity index (χ2n) is 4.55. The van der Waals surface area contributed by atoms with Crippen molar-refractivity contribution >= 4 is 15.8 Å². The van der Waals surface area contributed by atoms with Crippen molar-refractivity contribution in [2.24, 2.45) is 0 Å². The highest BCUT2D eigenvalue weighted by atomic mass is 32.2. The molecule has 5 heteroatoms. The minimum Gasteiger partial charge on any atom is -0.480 e. The van der Waals surface area contributed by atoms with Gasteiger partial charge in [-0.1, -0.05) is 6.07 Å². The molecule has 0 aliphatic heterocycles. The van der Waals surface area contributed by atoms with Crippen molar-refractivity contribution in [2.75, 3.05) is 0 Å². The van der Waals surface area contributed by atoms with Gasteiger partial charge in [0.1, 0.15) is 0 Å². The van der Waals surface area contributed by atoms with E-state index in [0.717, 1.165) is 11.1 Å². The fourth-order valence-corrected chi connectivity index (χ4v) is 3.72. The molecule has 0 saturated heterocycles. The van der Waals surface area contributed by atoms with Crippen molar-refractivity contribution in [1.29, 1.82) is 0 Å². The molecule has 1 aliphatic rings. The molecule has 92 valence electrons. The first kappa shape index (κ1) is 12.1. The Balaban J connectivity index is 2.53. The van der Waals surface area contributed by atoms with Crippen LogP contribution in [0.4, 0.5) is 0 Å². The van der Waals surface area contributed by atoms with E-state index >= 15 is 0 Å². The van der Waals surface area contributed by atoms with Crippen LogP contribution in [0.25, 0.3) is 0 Å². The zero-order valence-electron chi connectivity index (χ0n) is 9.73. The standard InChI is InChI=1S/C12H14O4S/c1-8-3-4-10(7-9(8)2)17(15,16)12(5-6-12)11(13)14/h3-4,7H,5-6H2,1-2H3,(H,13,14). The van der Waals surface area contributed by atoms with Crippen molar-refractivity contribution < 1.29 is 18.3 Å². The van der Waals surface area contributed by atoms with Crippen molar-refractivity contribution in [1.82, 2.24) is 0 Å². The van der Waals surface area contributed by atoms with Crippen LogP contribution in [0.2, 0.25) is 0 Å². The number of hydrogen-bond donors (Lipinski definition) is 1. The molecule has 1 aromatic carbocycles. The van der Waals surface area contributed by atoms with Crippen LogP contribution >= 0.6 is 0 Å². The van der Waals surface area contributed by atoms with E-state index in [-0.39, 0.29) is 17.7 Å². The monoisotopic (exact) mass is 254 g/mol. The van der Waals surface area contributed by atoms with E-state index in [1.807, 2.05) is 13.8 Å². The number of carboxylic acid groups (broad SMARTS) is 1. The number of hydrogen-bond acceptors (Lipinski definition) is 3. The topological polar surface area (TPSA) is 71.4 Å². The third kappa shape index (κ3) is 1.65. The number of rotatable bonds is 3. The molecule has 17 heavy (non-hydrogen) atoms. The Morgan fingerprint density at radius 1 is 1.24 bits per heavy atom. The van der Waals surface area contributed by atoms with Gasteiger partial charge in [0, 0.05) is 0 Å². The maximum absolute atomic E-state index is 12.2. The summed E-state index contributed by atoms with van der Waals surface area (Å²) in [7, 11) is -3.77. The number of carbonyl (C=O) groups is 1. The molecule has 0 unspecified atom stereocenters. The van der Waals surface area contributed by atoms with Crippen LogP contribution in [0.3, 0.4) is 0 Å². The van der Waals surface area contributed by atoms with Crippen LogP contribution in [0.15, 0.2) is 23.1 Å². The highest BCUT2D eigenvalue weighted by Gasteiger charge is 2.61. The normalized spacial score (nSPS) is 17.8. The van der Waals surface area contributed by atoms with E-state index in [4.69, 9.17) is 5.11 Å². The Bertz CT molecular complexity index is 583. The van der Waals surface area contributed by atoms with Gasteiger partial charge in [-0.15, -0.1) is 0 Å². The van der Waals surface area contributed by atoms with E-state index in [2.05, 4.69) is 0 Å². The molecule has 1 fully saturated rings. The maximum Gasteiger partial charge on any atom is 0.325 e. The molecule has 0 heterocycles. The molecule has 0 spiro atoms. The van der Waals surface area contributed by atoms with E-state index in [0.29, 0.717) is 0 Å². The van der Waals surface area contributed by atoms with Gasteiger partial charge in [0.2, 0.25) is 0 Å². The maximum atomic E-state index is 12.2. The molecular formula is C12H14O4S. The summed E-state index contributed by atoms with van der Waals surface area (Å²) >= 11 is 0. The molecule has 0 amide bonds. The number of carboxylic acids is 1. The first-order chi connectivity index (χ1) is 7.81. The van der Waals surface area contributed by atoms with Gasteiger partial charge in [-0.25, -0.2) is 8.42 Å². The minimum atomic E-state index is -3.77. The summed E-state index contributed by atoms with van der Waals surface area (Å²) < 4.78 is 22.9. The van der Waals surface area contributed by atoms with Gasteiger partial charge in [0.25, 0.3) is 0 Å². The van der Waals surface area contributed by atoms with Gasteiger partial charge in [-0.2, -0.15) is 0 Å². The Hall–Kier alpha value is -1.36. The van der Waals surface area contributed by atoms with Crippen LogP contribution in [-0.2, 0) is 14.6 Å². The van der Waals surface area contributed by atoms with E-state index in [1.54, 1.807) is 12.1 Å². The first-order valence-corrected chi connectivity index (χ1v) is 6.85. The largest absolute Gasteiger partial charge is 0.480 e. The van der Waals surface area contributed by atoms with Gasteiger partial charge in [-0.3, -0.25) is 4.79 Å². The van der Waals surface area contributed by atoms with Crippen LogP contribution < -0.4 is 0 Å². The predicted octanol–water partition coefficient (Wildman–Crippen LogP) is 1.69. The van der Waals surface area contributed by atoms with Gasteiger partial charge in [0.15, 0.2) is 14.6 Å². The van der Waals surface area contributed by atoms with Crippen molar-refractivity contribution in [3.8, 4) is 0 Å². The molecule has 1 N–H and O–H groups in total. The second kappa shape index (κ2) is 3.57. The molecule has 0 radical (unpaired) electrons. The first-order valence-electron chi connectivity index (χ1n) is 5.36. The second-order valence-corrected chi connectivity index (χ2v) is 6.81. The fraction of sp³-hybridized carbons (Fsp3) is 0.417. The SMILES string of the molecule is Cc1ccc(S(=O)(=O)C2(C(=O)O)CC2)cc1C. The Kier molecular flexibility index (Phi) is 2.54. The van der Waals surface area contributed by atoms with Crippen molar-refractivity contribution in [3.05, 3.63) is 29.3 Å². The number of benzene rings is 1. The number of aliphatic carboxylic acids is 1. The van der Waals surface area contributed by atoms with Gasteiger partial charge in [0.05, 0.1) is 4.90 Å². The summed E-state index contributed by atoms with van der Waals surface area (Å²) in [5.41, 5.74) is 1.84. The predicted molar refractivity (Wildman–Crippen MR) is 62.7 cm³/mol. The summed E-state index contributed by atoms with van der Waals surface area (Å²) in [4.78, 5) is 11.2. The van der Waals surface area contributed by atoms with Crippen LogP contribution in [0.1, 0.15) is 24.0 Å². The number of aryl methyl sites for hydroxylation is 2. The van der Waals surface area contributed by atoms with Crippen molar-refractivity contribution in [3.63, 3.8) is 0 Å². The molecule has 1 aromatic rings. The third-order valence-corrected chi connectivity index (χ3v) is 5.88. The lowest BCUT2D eigenvalue weighted by Gasteiger charge is -2.12. The minimum absolute atomic E-state index is 0.112. The van der Waals surface area contributed by atoms with Crippen molar-refractivity contribution in [2.45, 2.75) is 36.3 Å². The Labute approximate surface area is 100 Å². The highest BCUT2D eigenvalue weighted by Crippen LogP contribution is 2.47. The van der Waals surface area contributed by atoms with E-state index < -0.39 is 20.6 Å². The lowest BCUT2D eigenvalue weighted by atomic mass is 10.1. The quantitative estimate of drug-likeness (QED) is 0.891. The average molecular weight is 254 g/mol. The molecule has 1 saturated carbocycles. The van der Waals surface area contributed by atoms with Gasteiger partial charge in [-0.05, 0) is 49.9 Å². The summed E-state index contributed by atoms with van der Waals surface area (Å²) in [5, 5.41) is 9.05. The third-order valence-electron chi connectivity index (χ3n) is 3.40. The molecule has 0 aromatic heterocycles. The zero-order valence-corrected chi connectivity index (χ0v) is 10.5. The molecule has 0 atom stereocenters.